The third-order valence-corrected chi connectivity index (χ3v) is 5.92. The Balaban J connectivity index is 1.68. The monoisotopic (exact) mass is 524 g/mol. The van der Waals surface area contributed by atoms with Crippen LogP contribution in [-0.4, -0.2) is 26.5 Å². The number of pyridine rings is 2. The van der Waals surface area contributed by atoms with Gasteiger partial charge in [-0.2, -0.15) is 0 Å². The van der Waals surface area contributed by atoms with Crippen LogP contribution in [0.4, 0.5) is 0 Å². The van der Waals surface area contributed by atoms with Gasteiger partial charge in [-0.1, -0.05) is 13.3 Å². The Kier molecular flexibility index (Phi) is 5.16. The summed E-state index contributed by atoms with van der Waals surface area (Å²) < 4.78 is 7.60. The van der Waals surface area contributed by atoms with Crippen molar-refractivity contribution in [1.29, 1.82) is 0 Å². The highest BCUT2D eigenvalue weighted by molar-refractivity contribution is 9.10. The van der Waals surface area contributed by atoms with E-state index in [4.69, 9.17) is 9.72 Å². The Morgan fingerprint density at radius 1 is 0.900 bits per heavy atom. The molecule has 150 valence electrons. The van der Waals surface area contributed by atoms with E-state index >= 15 is 0 Å². The molecule has 3 aromatic heterocycles. The van der Waals surface area contributed by atoms with Crippen LogP contribution in [0.2, 0.25) is 0 Å². The topological polar surface area (TPSA) is 63.7 Å². The van der Waals surface area contributed by atoms with Gasteiger partial charge in [0.1, 0.15) is 11.6 Å². The van der Waals surface area contributed by atoms with Crippen LogP contribution in [0.25, 0.3) is 44.2 Å². The first-order valence-electron chi connectivity index (χ1n) is 9.79. The van der Waals surface area contributed by atoms with Crippen LogP contribution in [0.15, 0.2) is 57.7 Å². The number of benzene rings is 2. The number of H-pyrrole nitrogens is 1. The summed E-state index contributed by atoms with van der Waals surface area (Å²) in [6.45, 7) is 2.89. The van der Waals surface area contributed by atoms with Crippen LogP contribution in [-0.2, 0) is 0 Å². The van der Waals surface area contributed by atoms with E-state index in [1.54, 1.807) is 12.4 Å². The molecular weight excluding hydrogens is 508 g/mol. The van der Waals surface area contributed by atoms with E-state index in [2.05, 4.69) is 59.8 Å². The minimum Gasteiger partial charge on any atom is -0.494 e. The van der Waals surface area contributed by atoms with Gasteiger partial charge < -0.3 is 9.72 Å². The molecule has 0 bridgehead atoms. The number of hydrogen-bond acceptors (Lipinski definition) is 4. The van der Waals surface area contributed by atoms with E-state index in [1.165, 1.54) is 0 Å². The number of unbranched alkanes of at least 4 members (excludes halogenated alkanes) is 1. The molecule has 7 heteroatoms. The van der Waals surface area contributed by atoms with Gasteiger partial charge in [0, 0.05) is 37.7 Å². The molecule has 2 aromatic carbocycles. The third-order valence-electron chi connectivity index (χ3n) is 5.06. The van der Waals surface area contributed by atoms with Crippen molar-refractivity contribution >= 4 is 64.7 Å². The number of imidazole rings is 1. The minimum atomic E-state index is 0.738. The predicted octanol–water partition coefficient (Wildman–Crippen LogP) is 7.03. The second-order valence-electron chi connectivity index (χ2n) is 7.13. The van der Waals surface area contributed by atoms with Crippen LogP contribution in [0.1, 0.15) is 19.8 Å². The van der Waals surface area contributed by atoms with Gasteiger partial charge in [0.25, 0.3) is 0 Å². The number of nitrogens with one attached hydrogen (secondary N) is 1. The molecule has 5 rings (SSSR count). The first-order chi connectivity index (χ1) is 14.6. The van der Waals surface area contributed by atoms with Gasteiger partial charge in [-0.15, -0.1) is 0 Å². The van der Waals surface area contributed by atoms with Crippen molar-refractivity contribution < 1.29 is 4.74 Å². The lowest BCUT2D eigenvalue weighted by Gasteiger charge is -2.05. The van der Waals surface area contributed by atoms with Crippen molar-refractivity contribution in [3.8, 4) is 17.1 Å². The fourth-order valence-electron chi connectivity index (χ4n) is 3.57. The number of aromatic nitrogens is 4. The maximum absolute atomic E-state index is 5.78. The molecule has 5 nitrogen and oxygen atoms in total. The summed E-state index contributed by atoms with van der Waals surface area (Å²) in [6, 6.07) is 12.1. The summed E-state index contributed by atoms with van der Waals surface area (Å²) in [5, 5.41) is 1.95. The number of halogens is 2. The zero-order valence-corrected chi connectivity index (χ0v) is 19.4. The quantitative estimate of drug-likeness (QED) is 0.197. The van der Waals surface area contributed by atoms with Gasteiger partial charge in [0.05, 0.1) is 28.7 Å². The fourth-order valence-corrected chi connectivity index (χ4v) is 4.23. The maximum Gasteiger partial charge on any atom is 0.138 e. The second kappa shape index (κ2) is 7.96. The van der Waals surface area contributed by atoms with E-state index in [-0.39, 0.29) is 0 Å². The molecule has 0 aliphatic heterocycles. The fraction of sp³-hybridized carbons (Fsp3) is 0.174. The molecule has 0 aliphatic rings. The minimum absolute atomic E-state index is 0.738. The number of hydrogen-bond donors (Lipinski definition) is 1. The Bertz CT molecular complexity index is 1300. The van der Waals surface area contributed by atoms with Crippen LogP contribution >= 0.6 is 31.9 Å². The molecule has 0 aliphatic carbocycles. The summed E-state index contributed by atoms with van der Waals surface area (Å²) in [6.07, 6.45) is 5.77. The Hall–Kier alpha value is -2.51. The summed E-state index contributed by atoms with van der Waals surface area (Å²) >= 11 is 7.08. The van der Waals surface area contributed by atoms with Gasteiger partial charge >= 0.3 is 0 Å². The van der Waals surface area contributed by atoms with E-state index in [0.717, 1.165) is 78.4 Å². The average molecular weight is 526 g/mol. The molecule has 0 spiro atoms. The normalized spacial score (nSPS) is 11.6. The van der Waals surface area contributed by atoms with Crippen molar-refractivity contribution in [1.82, 2.24) is 19.9 Å². The van der Waals surface area contributed by atoms with Gasteiger partial charge in [-0.05, 0) is 74.7 Å². The standard InChI is InChI=1S/C23H18Br2N4O/c1-2-3-8-30-16-6-4-13(5-7-16)23-28-21-17-9-14(24)11-26-19(17)20-18(22(21)29-23)10-15(25)12-27-20/h4-7,9-12H,2-3,8H2,1H3,(H,28,29). The van der Waals surface area contributed by atoms with Crippen LogP contribution in [0, 0.1) is 0 Å². The van der Waals surface area contributed by atoms with Crippen molar-refractivity contribution in [3.63, 3.8) is 0 Å². The lowest BCUT2D eigenvalue weighted by molar-refractivity contribution is 0.309. The molecule has 30 heavy (non-hydrogen) atoms. The summed E-state index contributed by atoms with van der Waals surface area (Å²) in [4.78, 5) is 17.7. The molecule has 1 N–H and O–H groups in total. The number of nitrogens with zero attached hydrogens (tertiary/aromatic N) is 3. The Morgan fingerprint density at radius 2 is 1.57 bits per heavy atom. The molecule has 0 fully saturated rings. The first-order valence-corrected chi connectivity index (χ1v) is 11.4. The molecule has 0 saturated heterocycles. The second-order valence-corrected chi connectivity index (χ2v) is 8.97. The number of fused-ring (bicyclic) bond motifs is 6. The summed E-state index contributed by atoms with van der Waals surface area (Å²) in [5.74, 6) is 1.68. The third kappa shape index (κ3) is 3.46. The number of aromatic amines is 1. The molecule has 0 saturated carbocycles. The number of rotatable bonds is 5. The SMILES string of the molecule is CCCCOc1ccc(-c2nc3c4cc(Br)cnc4c4ncc(Br)cc4c3[nH]2)cc1. The van der Waals surface area contributed by atoms with Gasteiger partial charge in [0.2, 0.25) is 0 Å². The molecule has 0 atom stereocenters. The largest absolute Gasteiger partial charge is 0.494 e. The predicted molar refractivity (Wildman–Crippen MR) is 128 cm³/mol. The smallest absolute Gasteiger partial charge is 0.138 e. The van der Waals surface area contributed by atoms with E-state index < -0.39 is 0 Å². The van der Waals surface area contributed by atoms with Crippen LogP contribution in [0.5, 0.6) is 5.75 Å². The zero-order chi connectivity index (χ0) is 20.7. The van der Waals surface area contributed by atoms with E-state index in [0.29, 0.717) is 0 Å². The highest BCUT2D eigenvalue weighted by Gasteiger charge is 2.16. The average Bonchev–Trinajstić information content (AvgIpc) is 3.20. The van der Waals surface area contributed by atoms with Crippen molar-refractivity contribution in [2.75, 3.05) is 6.61 Å². The lowest BCUT2D eigenvalue weighted by atomic mass is 10.1. The Morgan fingerprint density at radius 3 is 2.27 bits per heavy atom. The van der Waals surface area contributed by atoms with E-state index in [9.17, 15) is 0 Å². The van der Waals surface area contributed by atoms with Crippen molar-refractivity contribution in [2.24, 2.45) is 0 Å². The zero-order valence-electron chi connectivity index (χ0n) is 16.2. The molecule has 3 heterocycles. The van der Waals surface area contributed by atoms with Crippen LogP contribution < -0.4 is 4.74 Å². The summed E-state index contributed by atoms with van der Waals surface area (Å²) in [5.41, 5.74) is 4.52. The molecular formula is C23H18Br2N4O. The molecule has 0 radical (unpaired) electrons. The molecule has 0 amide bonds. The highest BCUT2D eigenvalue weighted by Crippen LogP contribution is 2.35. The van der Waals surface area contributed by atoms with Gasteiger partial charge in [-0.25, -0.2) is 4.98 Å². The van der Waals surface area contributed by atoms with Crippen molar-refractivity contribution in [3.05, 3.63) is 57.7 Å². The molecule has 0 unspecified atom stereocenters. The van der Waals surface area contributed by atoms with E-state index in [1.807, 2.05) is 30.3 Å². The maximum atomic E-state index is 5.78. The molecule has 5 aromatic rings. The first kappa shape index (κ1) is 19.5. The highest BCUT2D eigenvalue weighted by atomic mass is 79.9. The van der Waals surface area contributed by atoms with Crippen molar-refractivity contribution in [2.45, 2.75) is 19.8 Å². The van der Waals surface area contributed by atoms with Crippen LogP contribution in [0.3, 0.4) is 0 Å². The lowest BCUT2D eigenvalue weighted by Crippen LogP contribution is -1.96. The Labute approximate surface area is 190 Å². The number of ether oxygens (including phenoxy) is 1. The van der Waals surface area contributed by atoms with Gasteiger partial charge in [-0.3, -0.25) is 9.97 Å². The summed E-state index contributed by atoms with van der Waals surface area (Å²) in [7, 11) is 0. The van der Waals surface area contributed by atoms with Gasteiger partial charge in [0.15, 0.2) is 0 Å².